The van der Waals surface area contributed by atoms with Crippen LogP contribution in [-0.4, -0.2) is 25.8 Å². The average Bonchev–Trinajstić information content (AvgIpc) is 2.88. The number of rotatable bonds is 2. The van der Waals surface area contributed by atoms with E-state index >= 15 is 0 Å². The van der Waals surface area contributed by atoms with Crippen LogP contribution in [-0.2, 0) is 9.05 Å². The summed E-state index contributed by atoms with van der Waals surface area (Å²) in [6, 6.07) is 1.80. The Bertz CT molecular complexity index is 973. The van der Waals surface area contributed by atoms with Crippen molar-refractivity contribution in [3.8, 4) is 0 Å². The van der Waals surface area contributed by atoms with E-state index in [0.717, 1.165) is 14.6 Å². The highest BCUT2D eigenvalue weighted by Gasteiger charge is 2.32. The molecule has 0 saturated carbocycles. The van der Waals surface area contributed by atoms with E-state index < -0.39 is 17.1 Å². The molecule has 0 bridgehead atoms. The summed E-state index contributed by atoms with van der Waals surface area (Å²) < 4.78 is 29.1. The lowest BCUT2D eigenvalue weighted by Gasteiger charge is -2.14. The molecule has 2 heterocycles. The fourth-order valence-electron chi connectivity index (χ4n) is 2.37. The molecule has 0 aliphatic heterocycles. The first-order valence-electron chi connectivity index (χ1n) is 6.14. The molecule has 0 atom stereocenters. The van der Waals surface area contributed by atoms with E-state index in [0.29, 0.717) is 16.2 Å². The number of hydrogen-bond acceptors (Lipinski definition) is 4. The molecule has 1 N–H and O–H groups in total. The van der Waals surface area contributed by atoms with E-state index in [1.54, 1.807) is 6.07 Å². The fourth-order valence-corrected chi connectivity index (χ4v) is 7.71. The van der Waals surface area contributed by atoms with Gasteiger partial charge in [-0.15, -0.1) is 0 Å². The Kier molecular flexibility index (Phi) is 3.53. The van der Waals surface area contributed by atoms with Crippen LogP contribution < -0.4 is 5.32 Å². The van der Waals surface area contributed by atoms with Crippen LogP contribution in [0, 0.1) is 0 Å². The smallest absolute Gasteiger partial charge is 0.263 e. The zero-order valence-electron chi connectivity index (χ0n) is 11.5. The van der Waals surface area contributed by atoms with Crippen LogP contribution in [0.4, 0.5) is 0 Å². The average molecular weight is 424 g/mol. The number of benzene rings is 1. The van der Waals surface area contributed by atoms with Gasteiger partial charge in [-0.3, -0.25) is 4.98 Å². The predicted octanol–water partition coefficient (Wildman–Crippen LogP) is 4.01. The van der Waals surface area contributed by atoms with Crippen LogP contribution >= 0.6 is 38.1 Å². The molecule has 0 amide bonds. The molecule has 21 heavy (non-hydrogen) atoms. The van der Waals surface area contributed by atoms with Gasteiger partial charge in [-0.1, -0.05) is 31.2 Å². The molecule has 0 aliphatic carbocycles. The summed E-state index contributed by atoms with van der Waals surface area (Å²) in [4.78, 5) is 4.83. The number of halogens is 2. The van der Waals surface area contributed by atoms with Crippen molar-refractivity contribution in [1.82, 2.24) is 9.36 Å². The highest BCUT2D eigenvalue weighted by Crippen LogP contribution is 2.37. The maximum Gasteiger partial charge on any atom is 0.263 e. The first-order chi connectivity index (χ1) is 9.60. The second kappa shape index (κ2) is 4.79. The van der Waals surface area contributed by atoms with Gasteiger partial charge in [0, 0.05) is 37.4 Å². The topological polar surface area (TPSA) is 62.8 Å². The molecule has 2 aromatic heterocycles. The quantitative estimate of drug-likeness (QED) is 0.500. The van der Waals surface area contributed by atoms with Crippen molar-refractivity contribution in [2.45, 2.75) is 24.5 Å². The van der Waals surface area contributed by atoms with Gasteiger partial charge < -0.3 is 4.37 Å². The molecule has 4 nitrogen and oxygen atoms in total. The minimum Gasteiger partial charge on any atom is -0.317 e. The van der Waals surface area contributed by atoms with Crippen molar-refractivity contribution in [1.29, 1.82) is 0 Å². The van der Waals surface area contributed by atoms with Gasteiger partial charge in [-0.2, -0.15) is 0 Å². The predicted molar refractivity (Wildman–Crippen MR) is 95.2 cm³/mol. The minimum atomic E-state index is -3.85. The Morgan fingerprint density at radius 2 is 2.00 bits per heavy atom. The third-order valence-electron chi connectivity index (χ3n) is 3.24. The second-order valence-electron chi connectivity index (χ2n) is 5.84. The van der Waals surface area contributed by atoms with Crippen molar-refractivity contribution >= 4 is 81.6 Å². The maximum absolute atomic E-state index is 12.1. The lowest BCUT2D eigenvalue weighted by Crippen LogP contribution is -2.41. The van der Waals surface area contributed by atoms with Gasteiger partial charge in [-0.25, -0.2) is 8.42 Å². The number of fused-ring (bicyclic) bond motifs is 3. The zero-order valence-corrected chi connectivity index (χ0v) is 16.5. The highest BCUT2D eigenvalue weighted by atomic mass is 79.9. The summed E-state index contributed by atoms with van der Waals surface area (Å²) in [7, 11) is -0.102. The van der Waals surface area contributed by atoms with Crippen LogP contribution in [0.5, 0.6) is 0 Å². The molecule has 0 unspecified atom stereocenters. The van der Waals surface area contributed by atoms with Crippen LogP contribution in [0.3, 0.4) is 0 Å². The van der Waals surface area contributed by atoms with E-state index in [1.165, 1.54) is 11.5 Å². The first kappa shape index (κ1) is 15.5. The maximum atomic E-state index is 12.1. The molecule has 9 heteroatoms. The van der Waals surface area contributed by atoms with Gasteiger partial charge in [0.05, 0.1) is 10.2 Å². The van der Waals surface area contributed by atoms with Gasteiger partial charge in [0.25, 0.3) is 9.05 Å². The summed E-state index contributed by atoms with van der Waals surface area (Å²) in [5, 5.41) is 2.14. The van der Waals surface area contributed by atoms with Crippen molar-refractivity contribution in [2.75, 3.05) is 0 Å². The van der Waals surface area contributed by atoms with Crippen molar-refractivity contribution in [3.05, 3.63) is 16.7 Å². The summed E-state index contributed by atoms with van der Waals surface area (Å²) in [6.07, 6.45) is 1.85. The second-order valence-corrected chi connectivity index (χ2v) is 15.0. The van der Waals surface area contributed by atoms with Crippen LogP contribution in [0.2, 0.25) is 19.6 Å². The number of hydrogen-bond donors (Lipinski definition) is 1. The molecular formula is C12H12BrClN2O2S2Si. The number of nitrogens with zero attached hydrogens (tertiary/aromatic N) is 1. The minimum absolute atomic E-state index is 0.173. The Hall–Kier alpha value is -0.413. The van der Waals surface area contributed by atoms with Crippen molar-refractivity contribution < 1.29 is 8.42 Å². The standard InChI is InChI=1S/C12H12BrClN2O2S2Si/c1-21(2,3)12-11(20(14,17)18)6-4-8(13)10-7(5-15-19-10)9(6)16-12/h4-5,15H,1-3H3. The molecule has 3 aromatic rings. The Balaban J connectivity index is 2.60. The number of H-pyrrole nitrogens is 1. The summed E-state index contributed by atoms with van der Waals surface area (Å²) in [5.74, 6) is 0. The summed E-state index contributed by atoms with van der Waals surface area (Å²) in [6.45, 7) is 6.18. The third kappa shape index (κ3) is 2.46. The normalized spacial score (nSPS) is 13.4. The van der Waals surface area contributed by atoms with Gasteiger partial charge in [-0.05, 0) is 22.0 Å². The van der Waals surface area contributed by atoms with E-state index in [9.17, 15) is 8.42 Å². The van der Waals surface area contributed by atoms with Gasteiger partial charge in [0.1, 0.15) is 13.0 Å². The highest BCUT2D eigenvalue weighted by molar-refractivity contribution is 9.10. The van der Waals surface area contributed by atoms with E-state index in [2.05, 4.69) is 44.9 Å². The third-order valence-corrected chi connectivity index (χ3v) is 8.34. The van der Waals surface area contributed by atoms with E-state index in [4.69, 9.17) is 10.7 Å². The van der Waals surface area contributed by atoms with Crippen molar-refractivity contribution in [3.63, 3.8) is 0 Å². The summed E-state index contributed by atoms with van der Waals surface area (Å²) >= 11 is 4.97. The van der Waals surface area contributed by atoms with Crippen LogP contribution in [0.1, 0.15) is 0 Å². The Labute approximate surface area is 140 Å². The first-order valence-corrected chi connectivity index (χ1v) is 13.6. The lowest BCUT2D eigenvalue weighted by atomic mass is 10.2. The van der Waals surface area contributed by atoms with E-state index in [-0.39, 0.29) is 4.90 Å². The van der Waals surface area contributed by atoms with Gasteiger partial charge >= 0.3 is 0 Å². The molecular weight excluding hydrogens is 412 g/mol. The molecule has 0 saturated heterocycles. The number of aromatic nitrogens is 2. The zero-order chi connectivity index (χ0) is 15.6. The summed E-state index contributed by atoms with van der Waals surface area (Å²) in [5.41, 5.74) is 0.697. The van der Waals surface area contributed by atoms with Crippen LogP contribution in [0.25, 0.3) is 21.0 Å². The van der Waals surface area contributed by atoms with Gasteiger partial charge in [0.2, 0.25) is 0 Å². The fraction of sp³-hybridized carbons (Fsp3) is 0.250. The number of nitrogens with one attached hydrogen (secondary N) is 1. The molecule has 1 aromatic carbocycles. The molecule has 3 rings (SSSR count). The molecule has 0 radical (unpaired) electrons. The SMILES string of the molecule is C[Si](C)(C)c1nc2c(cc(Br)c3s[nH]cc32)c1S(=O)(=O)Cl. The largest absolute Gasteiger partial charge is 0.317 e. The molecule has 0 spiro atoms. The van der Waals surface area contributed by atoms with E-state index in [1.807, 2.05) is 6.20 Å². The lowest BCUT2D eigenvalue weighted by molar-refractivity contribution is 0.611. The van der Waals surface area contributed by atoms with Gasteiger partial charge in [0.15, 0.2) is 0 Å². The monoisotopic (exact) mass is 422 g/mol. The van der Waals surface area contributed by atoms with Crippen LogP contribution in [0.15, 0.2) is 21.6 Å². The number of aromatic amines is 1. The molecule has 0 aliphatic rings. The Morgan fingerprint density at radius 1 is 1.33 bits per heavy atom. The molecule has 0 fully saturated rings. The van der Waals surface area contributed by atoms with Crippen molar-refractivity contribution in [2.24, 2.45) is 0 Å². The molecule has 112 valence electrons. The Morgan fingerprint density at radius 3 is 2.57 bits per heavy atom.